The van der Waals surface area contributed by atoms with Crippen LogP contribution >= 0.6 is 28.1 Å². The van der Waals surface area contributed by atoms with Crippen LogP contribution in [0, 0.1) is 0 Å². The molecule has 0 aliphatic rings. The first kappa shape index (κ1) is 19.7. The van der Waals surface area contributed by atoms with E-state index in [1.54, 1.807) is 0 Å². The molecule has 0 radical (unpaired) electrons. The third kappa shape index (κ3) is 4.95. The van der Waals surface area contributed by atoms with Gasteiger partial charge in [0.2, 0.25) is 5.78 Å². The highest BCUT2D eigenvalue weighted by Crippen LogP contribution is 2.21. The maximum absolute atomic E-state index is 13.1. The summed E-state index contributed by atoms with van der Waals surface area (Å²) in [5, 5.41) is 3.13. The Balaban J connectivity index is 2.42. The largest absolute Gasteiger partial charge is 0.374 e. The Bertz CT molecular complexity index is 766. The van der Waals surface area contributed by atoms with Crippen molar-refractivity contribution in [1.82, 2.24) is 5.32 Å². The molecule has 2 aromatic rings. The normalized spacial score (nSPS) is 12.5. The second-order valence-electron chi connectivity index (χ2n) is 6.96. The lowest BCUT2D eigenvalue weighted by molar-refractivity contribution is -0.692. The predicted molar refractivity (Wildman–Crippen MR) is 109 cm³/mol. The van der Waals surface area contributed by atoms with Crippen LogP contribution < -0.4 is 9.88 Å². The SMILES string of the molecule is CCNC(=S)C(C(=O)c1cccc(Br)c1)[n+]1ccc(C(C)(C)C)cc1. The molecule has 0 saturated carbocycles. The molecular weight excluding hydrogens is 396 g/mol. The van der Waals surface area contributed by atoms with Crippen molar-refractivity contribution in [3.8, 4) is 0 Å². The number of hydrogen-bond acceptors (Lipinski definition) is 2. The van der Waals surface area contributed by atoms with Gasteiger partial charge in [0.1, 0.15) is 0 Å². The van der Waals surface area contributed by atoms with Gasteiger partial charge in [-0.25, -0.2) is 0 Å². The molecular formula is C20H24BrN2OS+. The molecule has 1 aromatic carbocycles. The minimum absolute atomic E-state index is 0.0271. The van der Waals surface area contributed by atoms with E-state index in [0.29, 0.717) is 17.1 Å². The van der Waals surface area contributed by atoms with Crippen LogP contribution in [0.3, 0.4) is 0 Å². The van der Waals surface area contributed by atoms with Crippen molar-refractivity contribution in [3.63, 3.8) is 0 Å². The molecule has 0 aliphatic carbocycles. The van der Waals surface area contributed by atoms with Gasteiger partial charge in [0.25, 0.3) is 6.04 Å². The summed E-state index contributed by atoms with van der Waals surface area (Å²) in [5.74, 6) is -0.0271. The van der Waals surface area contributed by atoms with Crippen LogP contribution in [0.1, 0.15) is 49.7 Å². The number of benzene rings is 1. The van der Waals surface area contributed by atoms with Crippen molar-refractivity contribution >= 4 is 38.9 Å². The second kappa shape index (κ2) is 8.19. The molecule has 0 bridgehead atoms. The molecule has 5 heteroatoms. The summed E-state index contributed by atoms with van der Waals surface area (Å²) in [4.78, 5) is 13.7. The van der Waals surface area contributed by atoms with Crippen LogP contribution in [-0.2, 0) is 5.41 Å². The Morgan fingerprint density at radius 2 is 1.88 bits per heavy atom. The first-order valence-electron chi connectivity index (χ1n) is 8.33. The molecule has 0 fully saturated rings. The van der Waals surface area contributed by atoms with Gasteiger partial charge in [-0.1, -0.05) is 61.1 Å². The maximum atomic E-state index is 13.1. The number of nitrogens with one attached hydrogen (secondary N) is 1. The van der Waals surface area contributed by atoms with Crippen molar-refractivity contribution in [2.75, 3.05) is 6.54 Å². The summed E-state index contributed by atoms with van der Waals surface area (Å²) in [7, 11) is 0. The van der Waals surface area contributed by atoms with Crippen LogP contribution in [0.2, 0.25) is 0 Å². The van der Waals surface area contributed by atoms with E-state index < -0.39 is 6.04 Å². The van der Waals surface area contributed by atoms with Crippen molar-refractivity contribution in [1.29, 1.82) is 0 Å². The van der Waals surface area contributed by atoms with E-state index in [9.17, 15) is 4.79 Å². The zero-order valence-electron chi connectivity index (χ0n) is 15.0. The summed E-state index contributed by atoms with van der Waals surface area (Å²) in [6.45, 7) is 9.16. The van der Waals surface area contributed by atoms with E-state index in [1.807, 2.05) is 48.1 Å². The first-order chi connectivity index (χ1) is 11.7. The molecule has 1 unspecified atom stereocenters. The summed E-state index contributed by atoms with van der Waals surface area (Å²) in [6, 6.07) is 11.0. The quantitative estimate of drug-likeness (QED) is 0.442. The second-order valence-corrected chi connectivity index (χ2v) is 8.31. The monoisotopic (exact) mass is 419 g/mol. The van der Waals surface area contributed by atoms with Gasteiger partial charge in [0.15, 0.2) is 17.4 Å². The van der Waals surface area contributed by atoms with Crippen LogP contribution in [-0.4, -0.2) is 17.3 Å². The van der Waals surface area contributed by atoms with Crippen molar-refractivity contribution in [2.24, 2.45) is 0 Å². The number of thiocarbonyl (C=S) groups is 1. The smallest absolute Gasteiger partial charge is 0.270 e. The number of aromatic nitrogens is 1. The van der Waals surface area contributed by atoms with Gasteiger partial charge in [-0.15, -0.1) is 0 Å². The molecule has 2 rings (SSSR count). The van der Waals surface area contributed by atoms with Crippen molar-refractivity contribution in [3.05, 3.63) is 64.4 Å². The topological polar surface area (TPSA) is 33.0 Å². The molecule has 0 spiro atoms. The summed E-state index contributed by atoms with van der Waals surface area (Å²) < 4.78 is 2.75. The standard InChI is InChI=1S/C20H23BrN2OS/c1-5-22-19(25)17(18(24)14-7-6-8-16(21)13-14)23-11-9-15(10-12-23)20(2,3)4/h6-13,17H,5H2,1-4H3/p+1. The number of nitrogens with zero attached hydrogens (tertiary/aromatic N) is 1. The fourth-order valence-corrected chi connectivity index (χ4v) is 3.34. The number of ketones is 1. The number of carbonyl (C=O) groups excluding carboxylic acids is 1. The summed E-state index contributed by atoms with van der Waals surface area (Å²) >= 11 is 8.93. The van der Waals surface area contributed by atoms with E-state index in [1.165, 1.54) is 5.56 Å². The van der Waals surface area contributed by atoms with Gasteiger partial charge >= 0.3 is 0 Å². The molecule has 1 N–H and O–H groups in total. The van der Waals surface area contributed by atoms with E-state index >= 15 is 0 Å². The van der Waals surface area contributed by atoms with Crippen LogP contribution in [0.5, 0.6) is 0 Å². The van der Waals surface area contributed by atoms with Crippen molar-refractivity contribution in [2.45, 2.75) is 39.2 Å². The first-order valence-corrected chi connectivity index (χ1v) is 9.53. The fourth-order valence-electron chi connectivity index (χ4n) is 2.57. The fraction of sp³-hybridized carbons (Fsp3) is 0.350. The van der Waals surface area contributed by atoms with Crippen LogP contribution in [0.25, 0.3) is 0 Å². The number of pyridine rings is 1. The highest BCUT2D eigenvalue weighted by atomic mass is 79.9. The van der Waals surface area contributed by atoms with Gasteiger partial charge in [0.05, 0.1) is 0 Å². The van der Waals surface area contributed by atoms with Gasteiger partial charge in [-0.3, -0.25) is 4.79 Å². The van der Waals surface area contributed by atoms with E-state index in [2.05, 4.69) is 54.2 Å². The number of halogens is 1. The molecule has 0 saturated heterocycles. The Kier molecular flexibility index (Phi) is 6.47. The minimum atomic E-state index is -0.557. The number of carbonyl (C=O) groups is 1. The Morgan fingerprint density at radius 3 is 2.40 bits per heavy atom. The van der Waals surface area contributed by atoms with E-state index in [0.717, 1.165) is 4.47 Å². The zero-order valence-corrected chi connectivity index (χ0v) is 17.4. The third-order valence-electron chi connectivity index (χ3n) is 3.97. The molecule has 0 aliphatic heterocycles. The molecule has 1 heterocycles. The molecule has 0 amide bonds. The maximum Gasteiger partial charge on any atom is 0.270 e. The minimum Gasteiger partial charge on any atom is -0.374 e. The molecule has 1 atom stereocenters. The van der Waals surface area contributed by atoms with E-state index in [4.69, 9.17) is 12.2 Å². The highest BCUT2D eigenvalue weighted by Gasteiger charge is 2.33. The van der Waals surface area contributed by atoms with E-state index in [-0.39, 0.29) is 11.2 Å². The molecule has 1 aromatic heterocycles. The summed E-state index contributed by atoms with van der Waals surface area (Å²) in [5.41, 5.74) is 1.91. The van der Waals surface area contributed by atoms with Crippen LogP contribution in [0.15, 0.2) is 53.3 Å². The van der Waals surface area contributed by atoms with Gasteiger partial charge in [0, 0.05) is 28.7 Å². The average Bonchev–Trinajstić information content (AvgIpc) is 2.55. The Labute approximate surface area is 163 Å². The van der Waals surface area contributed by atoms with Crippen LogP contribution in [0.4, 0.5) is 0 Å². The lowest BCUT2D eigenvalue weighted by Crippen LogP contribution is -2.51. The predicted octanol–water partition coefficient (Wildman–Crippen LogP) is 4.40. The highest BCUT2D eigenvalue weighted by molar-refractivity contribution is 9.10. The summed E-state index contributed by atoms with van der Waals surface area (Å²) in [6.07, 6.45) is 3.87. The van der Waals surface area contributed by atoms with Gasteiger partial charge in [-0.2, -0.15) is 4.57 Å². The Hall–Kier alpha value is -1.59. The number of likely N-dealkylation sites (N-methyl/N-ethyl adjacent to an activating group) is 1. The molecule has 132 valence electrons. The average molecular weight is 420 g/mol. The lowest BCUT2D eigenvalue weighted by Gasteiger charge is -2.19. The molecule has 3 nitrogen and oxygen atoms in total. The lowest BCUT2D eigenvalue weighted by atomic mass is 9.88. The number of Topliss-reactive ketones (excluding diaryl/α,β-unsaturated/α-hetero) is 1. The number of hydrogen-bond donors (Lipinski definition) is 1. The van der Waals surface area contributed by atoms with Crippen molar-refractivity contribution < 1.29 is 9.36 Å². The van der Waals surface area contributed by atoms with Gasteiger partial charge in [-0.05, 0) is 30.0 Å². The van der Waals surface area contributed by atoms with Gasteiger partial charge < -0.3 is 5.32 Å². The Morgan fingerprint density at radius 1 is 1.24 bits per heavy atom. The molecule has 25 heavy (non-hydrogen) atoms. The number of rotatable bonds is 5. The zero-order chi connectivity index (χ0) is 18.6. The third-order valence-corrected chi connectivity index (χ3v) is 4.83.